The lowest BCUT2D eigenvalue weighted by Gasteiger charge is -2.34. The summed E-state index contributed by atoms with van der Waals surface area (Å²) in [6.07, 6.45) is 5.11. The van der Waals surface area contributed by atoms with Gasteiger partial charge >= 0.3 is 0 Å². The van der Waals surface area contributed by atoms with E-state index in [-0.39, 0.29) is 0 Å². The minimum absolute atomic E-state index is 0.492. The first-order valence-electron chi connectivity index (χ1n) is 7.07. The molecule has 0 amide bonds. The summed E-state index contributed by atoms with van der Waals surface area (Å²) in [6.45, 7) is 4.65. The van der Waals surface area contributed by atoms with Crippen LogP contribution in [0.3, 0.4) is 0 Å². The van der Waals surface area contributed by atoms with Gasteiger partial charge in [-0.25, -0.2) is 4.98 Å². The Bertz CT molecular complexity index is 482. The Morgan fingerprint density at radius 3 is 3.06 bits per heavy atom. The van der Waals surface area contributed by atoms with Crippen LogP contribution in [0, 0.1) is 0 Å². The molecule has 3 heteroatoms. The van der Waals surface area contributed by atoms with Gasteiger partial charge in [-0.1, -0.05) is 25.5 Å². The Labute approximate surface area is 108 Å². The van der Waals surface area contributed by atoms with Gasteiger partial charge in [0.2, 0.25) is 0 Å². The molecule has 0 radical (unpaired) electrons. The number of H-pyrrole nitrogens is 1. The van der Waals surface area contributed by atoms with Gasteiger partial charge in [-0.15, -0.1) is 0 Å². The van der Waals surface area contributed by atoms with Crippen LogP contribution in [0.15, 0.2) is 24.3 Å². The second-order valence-corrected chi connectivity index (χ2v) is 5.19. The van der Waals surface area contributed by atoms with Gasteiger partial charge in [-0.2, -0.15) is 0 Å². The van der Waals surface area contributed by atoms with Crippen molar-refractivity contribution in [3.05, 3.63) is 30.1 Å². The Kier molecular flexibility index (Phi) is 3.33. The zero-order valence-corrected chi connectivity index (χ0v) is 11.0. The third-order valence-electron chi connectivity index (χ3n) is 3.85. The fourth-order valence-electron chi connectivity index (χ4n) is 2.99. The molecule has 96 valence electrons. The maximum absolute atomic E-state index is 4.77. The summed E-state index contributed by atoms with van der Waals surface area (Å²) < 4.78 is 0. The van der Waals surface area contributed by atoms with Crippen LogP contribution in [0.25, 0.3) is 11.0 Å². The lowest BCUT2D eigenvalue weighted by Crippen LogP contribution is -2.34. The van der Waals surface area contributed by atoms with Crippen LogP contribution in [-0.4, -0.2) is 28.0 Å². The number of imidazole rings is 1. The molecule has 1 saturated heterocycles. The van der Waals surface area contributed by atoms with Crippen LogP contribution < -0.4 is 0 Å². The molecule has 0 saturated carbocycles. The molecule has 1 aromatic carbocycles. The largest absolute Gasteiger partial charge is 0.341 e. The summed E-state index contributed by atoms with van der Waals surface area (Å²) in [5.41, 5.74) is 2.25. The first-order valence-corrected chi connectivity index (χ1v) is 7.07. The Hall–Kier alpha value is -1.35. The van der Waals surface area contributed by atoms with E-state index in [0.29, 0.717) is 6.04 Å². The average Bonchev–Trinajstić information content (AvgIpc) is 2.83. The van der Waals surface area contributed by atoms with Crippen molar-refractivity contribution in [3.8, 4) is 0 Å². The molecule has 1 fully saturated rings. The molecule has 3 rings (SSSR count). The number of hydrogen-bond donors (Lipinski definition) is 1. The van der Waals surface area contributed by atoms with Crippen molar-refractivity contribution in [2.24, 2.45) is 0 Å². The van der Waals surface area contributed by atoms with Gasteiger partial charge in [0.15, 0.2) is 0 Å². The summed E-state index contributed by atoms with van der Waals surface area (Å²) in [5, 5.41) is 0. The molecular weight excluding hydrogens is 222 g/mol. The number of nitrogens with one attached hydrogen (secondary N) is 1. The number of piperidine rings is 1. The molecule has 2 aromatic rings. The molecular formula is C15H21N3. The third kappa shape index (κ3) is 2.15. The maximum Gasteiger partial charge on any atom is 0.124 e. The monoisotopic (exact) mass is 243 g/mol. The molecule has 18 heavy (non-hydrogen) atoms. The molecule has 0 spiro atoms. The summed E-state index contributed by atoms with van der Waals surface area (Å²) in [7, 11) is 0. The number of rotatable bonds is 3. The van der Waals surface area contributed by atoms with Gasteiger partial charge in [0.1, 0.15) is 5.82 Å². The molecule has 1 aliphatic heterocycles. The second kappa shape index (κ2) is 5.11. The molecule has 0 bridgehead atoms. The molecule has 1 aliphatic rings. The molecule has 1 N–H and O–H groups in total. The number of benzene rings is 1. The fourth-order valence-corrected chi connectivity index (χ4v) is 2.99. The van der Waals surface area contributed by atoms with Crippen molar-refractivity contribution in [1.29, 1.82) is 0 Å². The van der Waals surface area contributed by atoms with Gasteiger partial charge in [-0.05, 0) is 44.5 Å². The highest BCUT2D eigenvalue weighted by atomic mass is 15.2. The Balaban J connectivity index is 1.91. The van der Waals surface area contributed by atoms with Crippen LogP contribution in [0.1, 0.15) is 44.5 Å². The number of hydrogen-bond acceptors (Lipinski definition) is 2. The number of aromatic nitrogens is 2. The summed E-state index contributed by atoms with van der Waals surface area (Å²) in [6, 6.07) is 8.81. The quantitative estimate of drug-likeness (QED) is 0.894. The minimum Gasteiger partial charge on any atom is -0.341 e. The topological polar surface area (TPSA) is 31.9 Å². The molecule has 2 heterocycles. The number of aromatic amines is 1. The van der Waals surface area contributed by atoms with E-state index >= 15 is 0 Å². The third-order valence-corrected chi connectivity index (χ3v) is 3.85. The van der Waals surface area contributed by atoms with Crippen molar-refractivity contribution < 1.29 is 0 Å². The number of nitrogens with zero attached hydrogens (tertiary/aromatic N) is 2. The standard InChI is InChI=1S/C15H21N3/c1-2-10-18-11-6-5-9-14(18)15-16-12-7-3-4-8-13(12)17-15/h3-4,7-8,14H,2,5-6,9-11H2,1H3,(H,16,17). The SMILES string of the molecule is CCCN1CCCCC1c1nc2ccccc2[nH]1. The van der Waals surface area contributed by atoms with Gasteiger partial charge in [0.25, 0.3) is 0 Å². The van der Waals surface area contributed by atoms with Crippen molar-refractivity contribution in [3.63, 3.8) is 0 Å². The average molecular weight is 243 g/mol. The highest BCUT2D eigenvalue weighted by Crippen LogP contribution is 2.30. The predicted octanol–water partition coefficient (Wildman–Crippen LogP) is 3.50. The number of para-hydroxylation sites is 2. The molecule has 1 atom stereocenters. The van der Waals surface area contributed by atoms with Crippen molar-refractivity contribution in [1.82, 2.24) is 14.9 Å². The zero-order chi connectivity index (χ0) is 12.4. The molecule has 1 aromatic heterocycles. The summed E-state index contributed by atoms with van der Waals surface area (Å²) in [5.74, 6) is 1.16. The van der Waals surface area contributed by atoms with E-state index in [9.17, 15) is 0 Å². The lowest BCUT2D eigenvalue weighted by atomic mass is 10.0. The van der Waals surface area contributed by atoms with E-state index in [2.05, 4.69) is 41.1 Å². The smallest absolute Gasteiger partial charge is 0.124 e. The normalized spacial score (nSPS) is 21.5. The highest BCUT2D eigenvalue weighted by molar-refractivity contribution is 5.74. The highest BCUT2D eigenvalue weighted by Gasteiger charge is 2.25. The van der Waals surface area contributed by atoms with E-state index in [0.717, 1.165) is 16.9 Å². The number of fused-ring (bicyclic) bond motifs is 1. The van der Waals surface area contributed by atoms with Crippen LogP contribution in [0.2, 0.25) is 0 Å². The van der Waals surface area contributed by atoms with Gasteiger partial charge in [0, 0.05) is 0 Å². The van der Waals surface area contributed by atoms with E-state index in [1.54, 1.807) is 0 Å². The molecule has 1 unspecified atom stereocenters. The van der Waals surface area contributed by atoms with Crippen molar-refractivity contribution in [2.75, 3.05) is 13.1 Å². The van der Waals surface area contributed by atoms with E-state index < -0.39 is 0 Å². The first kappa shape index (κ1) is 11.7. The van der Waals surface area contributed by atoms with Gasteiger partial charge < -0.3 is 4.98 Å². The van der Waals surface area contributed by atoms with E-state index in [1.807, 2.05) is 0 Å². The second-order valence-electron chi connectivity index (χ2n) is 5.19. The lowest BCUT2D eigenvalue weighted by molar-refractivity contribution is 0.143. The van der Waals surface area contributed by atoms with Crippen molar-refractivity contribution in [2.45, 2.75) is 38.6 Å². The van der Waals surface area contributed by atoms with Crippen LogP contribution in [0.5, 0.6) is 0 Å². The van der Waals surface area contributed by atoms with Crippen LogP contribution in [0.4, 0.5) is 0 Å². The Morgan fingerprint density at radius 1 is 1.33 bits per heavy atom. The van der Waals surface area contributed by atoms with Crippen LogP contribution >= 0.6 is 0 Å². The van der Waals surface area contributed by atoms with Crippen LogP contribution in [-0.2, 0) is 0 Å². The molecule has 3 nitrogen and oxygen atoms in total. The van der Waals surface area contributed by atoms with E-state index in [4.69, 9.17) is 4.98 Å². The van der Waals surface area contributed by atoms with Gasteiger partial charge in [0.05, 0.1) is 17.1 Å². The number of likely N-dealkylation sites (tertiary alicyclic amines) is 1. The van der Waals surface area contributed by atoms with Gasteiger partial charge in [-0.3, -0.25) is 4.90 Å². The first-order chi connectivity index (χ1) is 8.88. The summed E-state index contributed by atoms with van der Waals surface area (Å²) in [4.78, 5) is 10.9. The Morgan fingerprint density at radius 2 is 2.22 bits per heavy atom. The fraction of sp³-hybridized carbons (Fsp3) is 0.533. The zero-order valence-electron chi connectivity index (χ0n) is 11.0. The predicted molar refractivity (Wildman–Crippen MR) is 74.5 cm³/mol. The summed E-state index contributed by atoms with van der Waals surface area (Å²) >= 11 is 0. The van der Waals surface area contributed by atoms with E-state index in [1.165, 1.54) is 38.8 Å². The molecule has 0 aliphatic carbocycles. The minimum atomic E-state index is 0.492. The maximum atomic E-state index is 4.77. The van der Waals surface area contributed by atoms with Crippen molar-refractivity contribution >= 4 is 11.0 Å².